The van der Waals surface area contributed by atoms with Gasteiger partial charge in [0.2, 0.25) is 0 Å². The molecule has 0 bridgehead atoms. The van der Waals surface area contributed by atoms with Crippen LogP contribution in [-0.4, -0.2) is 5.78 Å². The van der Waals surface area contributed by atoms with Crippen LogP contribution in [0.15, 0.2) is 11.6 Å². The maximum atomic E-state index is 11.2. The summed E-state index contributed by atoms with van der Waals surface area (Å²) in [4.78, 5) is 11.2. The fourth-order valence-corrected chi connectivity index (χ4v) is 2.49. The number of hydrogen-bond acceptors (Lipinski definition) is 1. The first-order valence-electron chi connectivity index (χ1n) is 4.95. The van der Waals surface area contributed by atoms with E-state index in [1.165, 1.54) is 31.3 Å². The quantitative estimate of drug-likeness (QED) is 0.538. The lowest BCUT2D eigenvalue weighted by Crippen LogP contribution is -2.28. The van der Waals surface area contributed by atoms with Gasteiger partial charge in [-0.2, -0.15) is 0 Å². The van der Waals surface area contributed by atoms with E-state index in [9.17, 15) is 4.79 Å². The Kier molecular flexibility index (Phi) is 1.82. The second-order valence-electron chi connectivity index (χ2n) is 4.40. The molecule has 2 aliphatic carbocycles. The SMILES string of the molecule is C[C@@]12CCCCC1=CC(=O)CC2. The Bertz CT molecular complexity index is 239. The number of hydrogen-bond donors (Lipinski definition) is 0. The van der Waals surface area contributed by atoms with E-state index in [1.54, 1.807) is 0 Å². The van der Waals surface area contributed by atoms with Gasteiger partial charge in [-0.05, 0) is 37.2 Å². The minimum atomic E-state index is 0.351. The van der Waals surface area contributed by atoms with Gasteiger partial charge in [-0.25, -0.2) is 0 Å². The van der Waals surface area contributed by atoms with Crippen LogP contribution < -0.4 is 0 Å². The van der Waals surface area contributed by atoms with Crippen LogP contribution in [0.1, 0.15) is 45.4 Å². The Balaban J connectivity index is 2.29. The smallest absolute Gasteiger partial charge is 0.155 e. The molecule has 12 heavy (non-hydrogen) atoms. The highest BCUT2D eigenvalue weighted by atomic mass is 16.1. The van der Waals surface area contributed by atoms with Crippen molar-refractivity contribution in [1.82, 2.24) is 0 Å². The average Bonchev–Trinajstić information content (AvgIpc) is 2.06. The molecule has 0 spiro atoms. The predicted octanol–water partition coefficient (Wildman–Crippen LogP) is 2.86. The third kappa shape index (κ3) is 1.21. The molecule has 0 aromatic rings. The van der Waals surface area contributed by atoms with E-state index < -0.39 is 0 Å². The van der Waals surface area contributed by atoms with Gasteiger partial charge in [-0.1, -0.05) is 18.9 Å². The van der Waals surface area contributed by atoms with Crippen molar-refractivity contribution >= 4 is 5.78 Å². The maximum Gasteiger partial charge on any atom is 0.155 e. The zero-order valence-electron chi connectivity index (χ0n) is 7.73. The van der Waals surface area contributed by atoms with E-state index in [4.69, 9.17) is 0 Å². The van der Waals surface area contributed by atoms with Crippen molar-refractivity contribution in [1.29, 1.82) is 0 Å². The fourth-order valence-electron chi connectivity index (χ4n) is 2.49. The molecule has 0 unspecified atom stereocenters. The Morgan fingerprint density at radius 1 is 1.25 bits per heavy atom. The molecule has 0 heterocycles. The fraction of sp³-hybridized carbons (Fsp3) is 0.727. The molecule has 1 saturated carbocycles. The number of allylic oxidation sites excluding steroid dienone is 2. The minimum Gasteiger partial charge on any atom is -0.295 e. The van der Waals surface area contributed by atoms with Gasteiger partial charge in [-0.15, -0.1) is 0 Å². The molecule has 2 aliphatic rings. The monoisotopic (exact) mass is 164 g/mol. The van der Waals surface area contributed by atoms with Crippen molar-refractivity contribution in [3.05, 3.63) is 11.6 Å². The molecule has 1 nitrogen and oxygen atoms in total. The number of carbonyl (C=O) groups excluding carboxylic acids is 1. The van der Waals surface area contributed by atoms with Gasteiger partial charge in [0.25, 0.3) is 0 Å². The highest BCUT2D eigenvalue weighted by molar-refractivity contribution is 5.91. The first kappa shape index (κ1) is 8.03. The minimum absolute atomic E-state index is 0.351. The van der Waals surface area contributed by atoms with Crippen molar-refractivity contribution in [2.24, 2.45) is 5.41 Å². The molecule has 0 radical (unpaired) electrons. The largest absolute Gasteiger partial charge is 0.295 e. The highest BCUT2D eigenvalue weighted by Gasteiger charge is 2.34. The molecule has 1 heteroatoms. The van der Waals surface area contributed by atoms with Gasteiger partial charge >= 0.3 is 0 Å². The Morgan fingerprint density at radius 3 is 2.92 bits per heavy atom. The van der Waals surface area contributed by atoms with Crippen LogP contribution in [0.4, 0.5) is 0 Å². The molecule has 0 N–H and O–H groups in total. The molecule has 0 amide bonds. The molecule has 0 aliphatic heterocycles. The van der Waals surface area contributed by atoms with Crippen molar-refractivity contribution in [3.8, 4) is 0 Å². The summed E-state index contributed by atoms with van der Waals surface area (Å²) in [7, 11) is 0. The van der Waals surface area contributed by atoms with Gasteiger partial charge in [0.1, 0.15) is 0 Å². The van der Waals surface area contributed by atoms with Crippen molar-refractivity contribution < 1.29 is 4.79 Å². The molecule has 0 aromatic carbocycles. The summed E-state index contributed by atoms with van der Waals surface area (Å²) >= 11 is 0. The molecule has 1 atom stereocenters. The highest BCUT2D eigenvalue weighted by Crippen LogP contribution is 2.46. The summed E-state index contributed by atoms with van der Waals surface area (Å²) < 4.78 is 0. The zero-order chi connectivity index (χ0) is 8.60. The van der Waals surface area contributed by atoms with Crippen LogP contribution in [0.25, 0.3) is 0 Å². The van der Waals surface area contributed by atoms with Crippen molar-refractivity contribution in [3.63, 3.8) is 0 Å². The Labute approximate surface area is 73.8 Å². The normalized spacial score (nSPS) is 35.8. The van der Waals surface area contributed by atoms with E-state index in [1.807, 2.05) is 6.08 Å². The van der Waals surface area contributed by atoms with Crippen molar-refractivity contribution in [2.45, 2.75) is 45.4 Å². The molecule has 2 rings (SSSR count). The summed E-state index contributed by atoms with van der Waals surface area (Å²) in [5.41, 5.74) is 1.83. The molecular weight excluding hydrogens is 148 g/mol. The molecular formula is C11H16O. The van der Waals surface area contributed by atoms with Gasteiger partial charge in [0, 0.05) is 6.42 Å². The predicted molar refractivity (Wildman–Crippen MR) is 48.9 cm³/mol. The number of rotatable bonds is 0. The van der Waals surface area contributed by atoms with E-state index in [0.717, 1.165) is 12.8 Å². The van der Waals surface area contributed by atoms with Crippen LogP contribution in [-0.2, 0) is 4.79 Å². The van der Waals surface area contributed by atoms with Crippen LogP contribution in [0, 0.1) is 5.41 Å². The number of ketones is 1. The van der Waals surface area contributed by atoms with Crippen LogP contribution in [0.3, 0.4) is 0 Å². The standard InChI is InChI=1S/C11H16O/c1-11-6-3-2-4-9(11)8-10(12)5-7-11/h8H,2-7H2,1H3/t11-/m0/s1. The molecule has 0 saturated heterocycles. The van der Waals surface area contributed by atoms with E-state index >= 15 is 0 Å². The number of carbonyl (C=O) groups is 1. The Hall–Kier alpha value is -0.590. The number of fused-ring (bicyclic) bond motifs is 1. The second-order valence-corrected chi connectivity index (χ2v) is 4.40. The topological polar surface area (TPSA) is 17.1 Å². The first-order valence-corrected chi connectivity index (χ1v) is 4.95. The van der Waals surface area contributed by atoms with Crippen molar-refractivity contribution in [2.75, 3.05) is 0 Å². The van der Waals surface area contributed by atoms with Crippen LogP contribution in [0.5, 0.6) is 0 Å². The second kappa shape index (κ2) is 2.72. The summed E-state index contributed by atoms with van der Waals surface area (Å²) in [6.07, 6.45) is 8.89. The summed E-state index contributed by atoms with van der Waals surface area (Å²) in [5.74, 6) is 0.351. The summed E-state index contributed by atoms with van der Waals surface area (Å²) in [6.45, 7) is 2.32. The van der Waals surface area contributed by atoms with E-state index in [-0.39, 0.29) is 0 Å². The average molecular weight is 164 g/mol. The molecule has 1 fully saturated rings. The molecule has 66 valence electrons. The van der Waals surface area contributed by atoms with Gasteiger partial charge in [0.05, 0.1) is 0 Å². The third-order valence-electron chi connectivity index (χ3n) is 3.46. The van der Waals surface area contributed by atoms with Crippen LogP contribution in [0.2, 0.25) is 0 Å². The molecule has 0 aromatic heterocycles. The van der Waals surface area contributed by atoms with Crippen LogP contribution >= 0.6 is 0 Å². The lowest BCUT2D eigenvalue weighted by molar-refractivity contribution is -0.115. The van der Waals surface area contributed by atoms with E-state index in [2.05, 4.69) is 6.92 Å². The summed E-state index contributed by atoms with van der Waals surface area (Å²) in [6, 6.07) is 0. The zero-order valence-corrected chi connectivity index (χ0v) is 7.73. The first-order chi connectivity index (χ1) is 5.71. The summed E-state index contributed by atoms with van der Waals surface area (Å²) in [5, 5.41) is 0. The van der Waals surface area contributed by atoms with E-state index in [0.29, 0.717) is 11.2 Å². The van der Waals surface area contributed by atoms with Gasteiger partial charge < -0.3 is 0 Å². The maximum absolute atomic E-state index is 11.2. The van der Waals surface area contributed by atoms with Gasteiger partial charge in [-0.3, -0.25) is 4.79 Å². The van der Waals surface area contributed by atoms with Gasteiger partial charge in [0.15, 0.2) is 5.78 Å². The lowest BCUT2D eigenvalue weighted by Gasteiger charge is -2.38. The Morgan fingerprint density at radius 2 is 2.08 bits per heavy atom. The lowest BCUT2D eigenvalue weighted by atomic mass is 9.66. The third-order valence-corrected chi connectivity index (χ3v) is 3.46.